The van der Waals surface area contributed by atoms with Gasteiger partial charge in [-0.1, -0.05) is 58.3 Å². The van der Waals surface area contributed by atoms with E-state index in [1.165, 1.54) is 44.9 Å². The van der Waals surface area contributed by atoms with Gasteiger partial charge in [-0.15, -0.1) is 0 Å². The standard InChI is InChI=1S/C23H45NO2/c1-6-7-8-9-10-11-12-13-14-20(21(25)26)16-15-19-17-22(2,3)24-23(4,5)18-19/h19-20,24H,6-18H2,1-5H3,(H,25,26). The maximum absolute atomic E-state index is 11.7. The van der Waals surface area contributed by atoms with Gasteiger partial charge in [0.2, 0.25) is 0 Å². The van der Waals surface area contributed by atoms with Gasteiger partial charge in [-0.2, -0.15) is 0 Å². The van der Waals surface area contributed by atoms with Gasteiger partial charge in [0.05, 0.1) is 5.92 Å². The number of piperidine rings is 1. The molecule has 0 spiro atoms. The predicted octanol–water partition coefficient (Wildman–Crippen LogP) is 6.56. The highest BCUT2D eigenvalue weighted by molar-refractivity contribution is 5.69. The lowest BCUT2D eigenvalue weighted by atomic mass is 9.73. The molecule has 1 atom stereocenters. The van der Waals surface area contributed by atoms with Crippen LogP contribution < -0.4 is 5.32 Å². The van der Waals surface area contributed by atoms with Gasteiger partial charge in [0.1, 0.15) is 0 Å². The fraction of sp³-hybridized carbons (Fsp3) is 0.957. The Morgan fingerprint density at radius 2 is 1.42 bits per heavy atom. The van der Waals surface area contributed by atoms with Crippen molar-refractivity contribution >= 4 is 5.97 Å². The van der Waals surface area contributed by atoms with Crippen molar-refractivity contribution in [2.45, 2.75) is 129 Å². The molecule has 0 aromatic heterocycles. The Balaban J connectivity index is 2.27. The van der Waals surface area contributed by atoms with Crippen LogP contribution in [0.2, 0.25) is 0 Å². The van der Waals surface area contributed by atoms with E-state index < -0.39 is 5.97 Å². The van der Waals surface area contributed by atoms with Crippen LogP contribution in [-0.2, 0) is 4.79 Å². The molecule has 0 radical (unpaired) electrons. The van der Waals surface area contributed by atoms with E-state index in [2.05, 4.69) is 39.9 Å². The van der Waals surface area contributed by atoms with Crippen LogP contribution in [0.1, 0.15) is 118 Å². The van der Waals surface area contributed by atoms with Gasteiger partial charge in [-0.3, -0.25) is 4.79 Å². The molecule has 0 aromatic carbocycles. The number of nitrogens with one attached hydrogen (secondary N) is 1. The third-order valence-electron chi connectivity index (χ3n) is 5.95. The normalized spacial score (nSPS) is 20.8. The summed E-state index contributed by atoms with van der Waals surface area (Å²) < 4.78 is 0. The van der Waals surface area contributed by atoms with Gasteiger partial charge in [0.25, 0.3) is 0 Å². The maximum Gasteiger partial charge on any atom is 0.306 e. The highest BCUT2D eigenvalue weighted by atomic mass is 16.4. The second-order valence-corrected chi connectivity index (χ2v) is 10.0. The van der Waals surface area contributed by atoms with Gasteiger partial charge in [0.15, 0.2) is 0 Å². The molecule has 1 saturated heterocycles. The van der Waals surface area contributed by atoms with Gasteiger partial charge in [-0.25, -0.2) is 0 Å². The lowest BCUT2D eigenvalue weighted by Gasteiger charge is -2.46. The van der Waals surface area contributed by atoms with Crippen molar-refractivity contribution in [1.29, 1.82) is 0 Å². The third-order valence-corrected chi connectivity index (χ3v) is 5.95. The lowest BCUT2D eigenvalue weighted by Crippen LogP contribution is -2.57. The SMILES string of the molecule is CCCCCCCCCCC(CCC1CC(C)(C)NC(C)(C)C1)C(=O)O. The van der Waals surface area contributed by atoms with E-state index >= 15 is 0 Å². The molecule has 0 aliphatic carbocycles. The largest absolute Gasteiger partial charge is 0.481 e. The van der Waals surface area contributed by atoms with Crippen LogP contribution in [0.5, 0.6) is 0 Å². The topological polar surface area (TPSA) is 49.3 Å². The molecular weight excluding hydrogens is 322 g/mol. The Kier molecular flexibility index (Phi) is 10.2. The summed E-state index contributed by atoms with van der Waals surface area (Å²) in [6, 6.07) is 0. The van der Waals surface area contributed by atoms with Crippen molar-refractivity contribution in [3.63, 3.8) is 0 Å². The van der Waals surface area contributed by atoms with Crippen LogP contribution >= 0.6 is 0 Å². The van der Waals surface area contributed by atoms with Gasteiger partial charge < -0.3 is 10.4 Å². The van der Waals surface area contributed by atoms with Crippen molar-refractivity contribution in [3.05, 3.63) is 0 Å². The smallest absolute Gasteiger partial charge is 0.306 e. The summed E-state index contributed by atoms with van der Waals surface area (Å²) >= 11 is 0. The lowest BCUT2D eigenvalue weighted by molar-refractivity contribution is -0.142. The van der Waals surface area contributed by atoms with Crippen LogP contribution in [0.25, 0.3) is 0 Å². The van der Waals surface area contributed by atoms with E-state index in [-0.39, 0.29) is 17.0 Å². The Labute approximate surface area is 162 Å². The van der Waals surface area contributed by atoms with Crippen LogP contribution in [-0.4, -0.2) is 22.2 Å². The van der Waals surface area contributed by atoms with Crippen molar-refractivity contribution in [2.24, 2.45) is 11.8 Å². The average Bonchev–Trinajstić information content (AvgIpc) is 2.49. The van der Waals surface area contributed by atoms with Crippen molar-refractivity contribution in [1.82, 2.24) is 5.32 Å². The molecule has 3 nitrogen and oxygen atoms in total. The van der Waals surface area contributed by atoms with Gasteiger partial charge in [0, 0.05) is 11.1 Å². The molecular formula is C23H45NO2. The number of rotatable bonds is 13. The van der Waals surface area contributed by atoms with Crippen LogP contribution in [0, 0.1) is 11.8 Å². The molecule has 0 bridgehead atoms. The minimum atomic E-state index is -0.583. The summed E-state index contributed by atoms with van der Waals surface area (Å²) in [5.74, 6) is -0.0849. The Hall–Kier alpha value is -0.570. The zero-order valence-electron chi connectivity index (χ0n) is 18.2. The Morgan fingerprint density at radius 3 is 1.92 bits per heavy atom. The highest BCUT2D eigenvalue weighted by Crippen LogP contribution is 2.36. The first-order valence-corrected chi connectivity index (χ1v) is 11.2. The van der Waals surface area contributed by atoms with Gasteiger partial charge in [-0.05, 0) is 65.7 Å². The van der Waals surface area contributed by atoms with E-state index in [4.69, 9.17) is 0 Å². The molecule has 2 N–H and O–H groups in total. The minimum Gasteiger partial charge on any atom is -0.481 e. The first-order chi connectivity index (χ1) is 12.2. The maximum atomic E-state index is 11.7. The number of carboxylic acids is 1. The van der Waals surface area contributed by atoms with Crippen molar-refractivity contribution in [3.8, 4) is 0 Å². The quantitative estimate of drug-likeness (QED) is 0.363. The van der Waals surface area contributed by atoms with Crippen molar-refractivity contribution in [2.75, 3.05) is 0 Å². The number of carboxylic acid groups (broad SMARTS) is 1. The first-order valence-electron chi connectivity index (χ1n) is 11.2. The van der Waals surface area contributed by atoms with E-state index in [1.807, 2.05) is 0 Å². The molecule has 0 saturated carbocycles. The molecule has 0 aromatic rings. The number of carbonyl (C=O) groups is 1. The average molecular weight is 368 g/mol. The van der Waals surface area contributed by atoms with Crippen LogP contribution in [0.4, 0.5) is 0 Å². The zero-order chi connectivity index (χ0) is 19.6. The number of hydrogen-bond donors (Lipinski definition) is 2. The summed E-state index contributed by atoms with van der Waals surface area (Å²) in [7, 11) is 0. The summed E-state index contributed by atoms with van der Waals surface area (Å²) in [4.78, 5) is 11.7. The fourth-order valence-corrected chi connectivity index (χ4v) is 5.09. The third kappa shape index (κ3) is 9.94. The number of aliphatic carboxylic acids is 1. The second-order valence-electron chi connectivity index (χ2n) is 10.0. The minimum absolute atomic E-state index is 0.142. The monoisotopic (exact) mass is 367 g/mol. The van der Waals surface area contributed by atoms with Crippen molar-refractivity contribution < 1.29 is 9.90 Å². The van der Waals surface area contributed by atoms with Crippen LogP contribution in [0.3, 0.4) is 0 Å². The molecule has 1 rings (SSSR count). The van der Waals surface area contributed by atoms with Crippen LogP contribution in [0.15, 0.2) is 0 Å². The van der Waals surface area contributed by atoms with Gasteiger partial charge >= 0.3 is 5.97 Å². The zero-order valence-corrected chi connectivity index (χ0v) is 18.2. The summed E-state index contributed by atoms with van der Waals surface area (Å²) in [5, 5.41) is 13.3. The summed E-state index contributed by atoms with van der Waals surface area (Å²) in [6.45, 7) is 11.3. The van der Waals surface area contributed by atoms with E-state index in [9.17, 15) is 9.90 Å². The molecule has 1 unspecified atom stereocenters. The predicted molar refractivity (Wildman–Crippen MR) is 112 cm³/mol. The van der Waals surface area contributed by atoms with E-state index in [0.717, 1.165) is 38.5 Å². The second kappa shape index (κ2) is 11.3. The molecule has 154 valence electrons. The molecule has 1 aliphatic heterocycles. The molecule has 1 heterocycles. The molecule has 26 heavy (non-hydrogen) atoms. The first kappa shape index (κ1) is 23.5. The number of unbranched alkanes of at least 4 members (excludes halogenated alkanes) is 7. The molecule has 1 fully saturated rings. The molecule has 1 aliphatic rings. The summed E-state index contributed by atoms with van der Waals surface area (Å²) in [6.07, 6.45) is 15.3. The fourth-order valence-electron chi connectivity index (χ4n) is 5.09. The summed E-state index contributed by atoms with van der Waals surface area (Å²) in [5.41, 5.74) is 0.311. The van der Waals surface area contributed by atoms with E-state index in [1.54, 1.807) is 0 Å². The number of hydrogen-bond acceptors (Lipinski definition) is 2. The van der Waals surface area contributed by atoms with E-state index in [0.29, 0.717) is 5.92 Å². The Bertz CT molecular complexity index is 387. The highest BCUT2D eigenvalue weighted by Gasteiger charge is 2.37. The molecule has 3 heteroatoms. The Morgan fingerprint density at radius 1 is 0.923 bits per heavy atom. The molecule has 0 amide bonds.